The van der Waals surface area contributed by atoms with E-state index in [-0.39, 0.29) is 31.1 Å². The van der Waals surface area contributed by atoms with Gasteiger partial charge in [-0.25, -0.2) is 0 Å². The van der Waals surface area contributed by atoms with Crippen molar-refractivity contribution in [3.8, 4) is 0 Å². The van der Waals surface area contributed by atoms with E-state index in [1.165, 1.54) is 334 Å². The molecule has 1 atom stereocenters. The minimum Gasteiger partial charge on any atom is -0.462 e. The zero-order valence-corrected chi connectivity index (χ0v) is 56.5. The summed E-state index contributed by atoms with van der Waals surface area (Å²) >= 11 is 0. The summed E-state index contributed by atoms with van der Waals surface area (Å²) in [6.07, 6.45) is 89.4. The van der Waals surface area contributed by atoms with Crippen LogP contribution in [0.4, 0.5) is 0 Å². The second-order valence-electron chi connectivity index (χ2n) is 25.9. The molecule has 0 N–H and O–H groups in total. The molecule has 1 unspecified atom stereocenters. The van der Waals surface area contributed by atoms with Gasteiger partial charge in [0.2, 0.25) is 0 Å². The smallest absolute Gasteiger partial charge is 0.306 e. The molecule has 0 rings (SSSR count). The van der Waals surface area contributed by atoms with Gasteiger partial charge in [-0.2, -0.15) is 0 Å². The Morgan fingerprint density at radius 3 is 0.602 bits per heavy atom. The summed E-state index contributed by atoms with van der Waals surface area (Å²) in [6, 6.07) is 0. The van der Waals surface area contributed by atoms with Gasteiger partial charge in [-0.15, -0.1) is 0 Å². The molecule has 0 aliphatic rings. The largest absolute Gasteiger partial charge is 0.462 e. The third-order valence-corrected chi connectivity index (χ3v) is 17.4. The molecule has 0 bridgehead atoms. The molecule has 0 aromatic rings. The molecule has 0 fully saturated rings. The molecule has 6 heteroatoms. The lowest BCUT2D eigenvalue weighted by Crippen LogP contribution is -2.30. The summed E-state index contributed by atoms with van der Waals surface area (Å²) < 4.78 is 17.0. The molecular formula is C77H146O6. The second kappa shape index (κ2) is 72.4. The van der Waals surface area contributed by atoms with Crippen molar-refractivity contribution in [2.24, 2.45) is 0 Å². The molecule has 0 heterocycles. The maximum atomic E-state index is 13.0. The van der Waals surface area contributed by atoms with Crippen LogP contribution in [-0.2, 0) is 28.6 Å². The van der Waals surface area contributed by atoms with E-state index in [1.54, 1.807) is 0 Å². The van der Waals surface area contributed by atoms with E-state index in [0.29, 0.717) is 19.3 Å². The number of hydrogen-bond acceptors (Lipinski definition) is 6. The van der Waals surface area contributed by atoms with Crippen molar-refractivity contribution in [1.29, 1.82) is 0 Å². The molecule has 0 saturated heterocycles. The van der Waals surface area contributed by atoms with Crippen LogP contribution in [0.25, 0.3) is 0 Å². The zero-order chi connectivity index (χ0) is 59.9. The van der Waals surface area contributed by atoms with Crippen molar-refractivity contribution in [1.82, 2.24) is 0 Å². The Balaban J connectivity index is 4.22. The highest BCUT2D eigenvalue weighted by Gasteiger charge is 2.20. The highest BCUT2D eigenvalue weighted by Crippen LogP contribution is 2.19. The molecule has 0 saturated carbocycles. The van der Waals surface area contributed by atoms with Gasteiger partial charge in [0.05, 0.1) is 0 Å². The predicted molar refractivity (Wildman–Crippen MR) is 363 cm³/mol. The molecule has 0 aliphatic carbocycles. The van der Waals surface area contributed by atoms with E-state index in [2.05, 4.69) is 45.1 Å². The second-order valence-corrected chi connectivity index (χ2v) is 25.9. The first-order chi connectivity index (χ1) is 41.0. The van der Waals surface area contributed by atoms with Crippen LogP contribution in [0.3, 0.4) is 0 Å². The summed E-state index contributed by atoms with van der Waals surface area (Å²) in [7, 11) is 0. The van der Waals surface area contributed by atoms with Crippen LogP contribution in [0.5, 0.6) is 0 Å². The van der Waals surface area contributed by atoms with Crippen LogP contribution >= 0.6 is 0 Å². The van der Waals surface area contributed by atoms with Gasteiger partial charge in [-0.1, -0.05) is 366 Å². The van der Waals surface area contributed by atoms with E-state index in [1.807, 2.05) is 0 Å². The van der Waals surface area contributed by atoms with E-state index in [9.17, 15) is 14.4 Å². The minimum absolute atomic E-state index is 0.0662. The Morgan fingerprint density at radius 2 is 0.398 bits per heavy atom. The first kappa shape index (κ1) is 80.9. The van der Waals surface area contributed by atoms with Gasteiger partial charge in [0.1, 0.15) is 13.2 Å². The van der Waals surface area contributed by atoms with E-state index in [4.69, 9.17) is 14.2 Å². The maximum absolute atomic E-state index is 13.0. The summed E-state index contributed by atoms with van der Waals surface area (Å²) in [5.41, 5.74) is 0. The summed E-state index contributed by atoms with van der Waals surface area (Å²) in [4.78, 5) is 38.5. The van der Waals surface area contributed by atoms with Gasteiger partial charge in [-0.3, -0.25) is 14.4 Å². The maximum Gasteiger partial charge on any atom is 0.306 e. The third kappa shape index (κ3) is 70.5. The Kier molecular flexibility index (Phi) is 70.5. The van der Waals surface area contributed by atoms with Crippen LogP contribution in [0.1, 0.15) is 432 Å². The molecule has 0 aromatic heterocycles. The molecule has 0 radical (unpaired) electrons. The number of hydrogen-bond donors (Lipinski definition) is 0. The Hall–Kier alpha value is -2.11. The molecule has 0 spiro atoms. The first-order valence-electron chi connectivity index (χ1n) is 37.8. The van der Waals surface area contributed by atoms with Crippen molar-refractivity contribution in [3.05, 3.63) is 24.3 Å². The number of ether oxygens (including phenoxy) is 3. The fraction of sp³-hybridized carbons (Fsp3) is 0.909. The van der Waals surface area contributed by atoms with Gasteiger partial charge < -0.3 is 14.2 Å². The third-order valence-electron chi connectivity index (χ3n) is 17.4. The molecule has 83 heavy (non-hydrogen) atoms. The number of esters is 3. The topological polar surface area (TPSA) is 78.9 Å². The minimum atomic E-state index is -0.771. The van der Waals surface area contributed by atoms with Crippen molar-refractivity contribution in [2.45, 2.75) is 438 Å². The van der Waals surface area contributed by atoms with Gasteiger partial charge in [-0.05, 0) is 70.6 Å². The highest BCUT2D eigenvalue weighted by molar-refractivity contribution is 5.71. The summed E-state index contributed by atoms with van der Waals surface area (Å²) in [6.45, 7) is 6.73. The quantitative estimate of drug-likeness (QED) is 0.0261. The lowest BCUT2D eigenvalue weighted by Gasteiger charge is -2.18. The fourth-order valence-electron chi connectivity index (χ4n) is 11.7. The van der Waals surface area contributed by atoms with E-state index in [0.717, 1.165) is 57.8 Å². The summed E-state index contributed by atoms with van der Waals surface area (Å²) in [5.74, 6) is -0.834. The Bertz CT molecular complexity index is 1340. The highest BCUT2D eigenvalue weighted by atomic mass is 16.6. The Morgan fingerprint density at radius 1 is 0.229 bits per heavy atom. The van der Waals surface area contributed by atoms with Crippen molar-refractivity contribution in [2.75, 3.05) is 13.2 Å². The molecule has 0 aromatic carbocycles. The normalized spacial score (nSPS) is 12.1. The Labute approximate surface area is 519 Å². The van der Waals surface area contributed by atoms with Gasteiger partial charge >= 0.3 is 17.9 Å². The van der Waals surface area contributed by atoms with E-state index < -0.39 is 6.10 Å². The van der Waals surface area contributed by atoms with Crippen molar-refractivity contribution < 1.29 is 28.6 Å². The van der Waals surface area contributed by atoms with Crippen LogP contribution in [0.2, 0.25) is 0 Å². The number of carbonyl (C=O) groups is 3. The molecule has 6 nitrogen and oxygen atoms in total. The van der Waals surface area contributed by atoms with Crippen LogP contribution in [-0.4, -0.2) is 37.2 Å². The average Bonchev–Trinajstić information content (AvgIpc) is 3.50. The first-order valence-corrected chi connectivity index (χ1v) is 37.8. The number of allylic oxidation sites excluding steroid dienone is 4. The fourth-order valence-corrected chi connectivity index (χ4v) is 11.7. The molecule has 0 aliphatic heterocycles. The average molecular weight is 1170 g/mol. The summed E-state index contributed by atoms with van der Waals surface area (Å²) in [5, 5.41) is 0. The lowest BCUT2D eigenvalue weighted by molar-refractivity contribution is -0.167. The zero-order valence-electron chi connectivity index (χ0n) is 56.5. The van der Waals surface area contributed by atoms with Crippen LogP contribution in [0.15, 0.2) is 24.3 Å². The van der Waals surface area contributed by atoms with Gasteiger partial charge in [0, 0.05) is 19.3 Å². The molecule has 490 valence electrons. The van der Waals surface area contributed by atoms with Crippen LogP contribution in [0, 0.1) is 0 Å². The van der Waals surface area contributed by atoms with Gasteiger partial charge in [0.15, 0.2) is 6.10 Å². The number of unbranched alkanes of at least 4 members (excludes halogenated alkanes) is 56. The predicted octanol–water partition coefficient (Wildman–Crippen LogP) is 26.1. The monoisotopic (exact) mass is 1170 g/mol. The van der Waals surface area contributed by atoms with Crippen molar-refractivity contribution >= 4 is 17.9 Å². The van der Waals surface area contributed by atoms with Crippen molar-refractivity contribution in [3.63, 3.8) is 0 Å². The number of carbonyl (C=O) groups excluding carboxylic acids is 3. The SMILES string of the molecule is CCCCCCCCC/C=C\CCCCCCCCCC(=O)OC(COC(=O)CCCCCCCCCCCCCCCCCCCC)COC(=O)CCCCCCCCCCCCCCCCCCC/C=C\CCCCCCCCCC. The molecule has 0 amide bonds. The van der Waals surface area contributed by atoms with Gasteiger partial charge in [0.25, 0.3) is 0 Å². The molecular weight excluding hydrogens is 1020 g/mol. The van der Waals surface area contributed by atoms with Crippen LogP contribution < -0.4 is 0 Å². The van der Waals surface area contributed by atoms with E-state index >= 15 is 0 Å². The number of rotatable bonds is 71. The lowest BCUT2D eigenvalue weighted by atomic mass is 10.0. The standard InChI is InChI=1S/C77H146O6/c1-4-7-10-13-16-19-22-25-28-31-34-35-36-37-38-39-40-41-42-43-44-47-49-52-55-58-61-64-67-70-76(79)82-73-74(83-77(80)71-68-65-62-59-56-53-50-46-33-30-27-24-21-18-15-12-9-6-3)72-81-75(78)69-66-63-60-57-54-51-48-45-32-29-26-23-20-17-14-11-8-5-2/h30-31,33-34,74H,4-29,32,35-73H2,1-3H3/b33-30-,34-31-.